The smallest absolute Gasteiger partial charge is 0.168 e. The summed E-state index contributed by atoms with van der Waals surface area (Å²) in [5.41, 5.74) is 2.23. The van der Waals surface area contributed by atoms with Gasteiger partial charge in [-0.1, -0.05) is 25.1 Å². The number of benzene rings is 1. The first-order valence-electron chi connectivity index (χ1n) is 5.91. The van der Waals surface area contributed by atoms with Crippen LogP contribution < -0.4 is 0 Å². The van der Waals surface area contributed by atoms with Gasteiger partial charge in [-0.15, -0.1) is 0 Å². The zero-order valence-corrected chi connectivity index (χ0v) is 10.2. The number of hydrogen-bond donors (Lipinski definition) is 0. The summed E-state index contributed by atoms with van der Waals surface area (Å²) in [5, 5.41) is 0. The third-order valence-electron chi connectivity index (χ3n) is 2.78. The van der Waals surface area contributed by atoms with E-state index in [-0.39, 0.29) is 12.2 Å². The van der Waals surface area contributed by atoms with Gasteiger partial charge in [-0.3, -0.25) is 9.78 Å². The van der Waals surface area contributed by atoms with E-state index in [1.807, 2.05) is 12.1 Å². The molecule has 0 spiro atoms. The Morgan fingerprint density at radius 1 is 1.28 bits per heavy atom. The lowest BCUT2D eigenvalue weighted by molar-refractivity contribution is 0.0991. The summed E-state index contributed by atoms with van der Waals surface area (Å²) in [6, 6.07) is 9.53. The molecule has 0 unspecified atom stereocenters. The van der Waals surface area contributed by atoms with Crippen LogP contribution in [0, 0.1) is 5.82 Å². The molecule has 2 nitrogen and oxygen atoms in total. The number of carbonyl (C=O) groups excluding carboxylic acids is 1. The van der Waals surface area contributed by atoms with Gasteiger partial charge in [0.05, 0.1) is 6.42 Å². The molecule has 0 aliphatic heterocycles. The molecule has 92 valence electrons. The molecule has 2 aromatic rings. The lowest BCUT2D eigenvalue weighted by atomic mass is 10.1. The predicted octanol–water partition coefficient (Wildman–Crippen LogP) is 3.21. The van der Waals surface area contributed by atoms with Crippen molar-refractivity contribution in [2.45, 2.75) is 19.8 Å². The zero-order chi connectivity index (χ0) is 13.0. The summed E-state index contributed by atoms with van der Waals surface area (Å²) in [5.74, 6) is -0.513. The quantitative estimate of drug-likeness (QED) is 0.772. The minimum absolute atomic E-state index is 0.119. The lowest BCUT2D eigenvalue weighted by Crippen LogP contribution is -2.05. The van der Waals surface area contributed by atoms with E-state index in [0.29, 0.717) is 11.3 Å². The third-order valence-corrected chi connectivity index (χ3v) is 2.78. The largest absolute Gasteiger partial charge is 0.294 e. The number of carbonyl (C=O) groups is 1. The fourth-order valence-electron chi connectivity index (χ4n) is 1.70. The molecule has 1 aromatic heterocycles. The fourth-order valence-corrected chi connectivity index (χ4v) is 1.70. The number of aryl methyl sites for hydroxylation is 1. The Morgan fingerprint density at radius 3 is 2.72 bits per heavy atom. The van der Waals surface area contributed by atoms with Gasteiger partial charge in [0.15, 0.2) is 5.78 Å². The maximum absolute atomic E-state index is 13.0. The van der Waals surface area contributed by atoms with Crippen LogP contribution in [0.3, 0.4) is 0 Å². The van der Waals surface area contributed by atoms with Gasteiger partial charge in [0.25, 0.3) is 0 Å². The number of hydrogen-bond acceptors (Lipinski definition) is 2. The molecular weight excluding hydrogens is 229 g/mol. The molecule has 0 aliphatic carbocycles. The van der Waals surface area contributed by atoms with Gasteiger partial charge in [0.2, 0.25) is 0 Å². The van der Waals surface area contributed by atoms with Crippen LogP contribution in [0.15, 0.2) is 42.6 Å². The van der Waals surface area contributed by atoms with E-state index in [1.165, 1.54) is 18.2 Å². The SMILES string of the molecule is CCc1ccc(CC(=O)c2cccc(F)c2)nc1. The molecule has 0 N–H and O–H groups in total. The molecule has 0 amide bonds. The number of rotatable bonds is 4. The molecule has 0 radical (unpaired) electrons. The first-order chi connectivity index (χ1) is 8.69. The molecular formula is C15H14FNO. The Kier molecular flexibility index (Phi) is 3.82. The molecule has 0 saturated heterocycles. The van der Waals surface area contributed by atoms with Crippen molar-refractivity contribution in [2.24, 2.45) is 0 Å². The van der Waals surface area contributed by atoms with Crippen LogP contribution in [0.4, 0.5) is 4.39 Å². The third kappa shape index (κ3) is 3.00. The number of pyridine rings is 1. The van der Waals surface area contributed by atoms with Crippen molar-refractivity contribution in [3.05, 3.63) is 65.2 Å². The first kappa shape index (κ1) is 12.4. The molecule has 1 heterocycles. The highest BCUT2D eigenvalue weighted by atomic mass is 19.1. The molecule has 18 heavy (non-hydrogen) atoms. The van der Waals surface area contributed by atoms with Crippen LogP contribution in [-0.4, -0.2) is 10.8 Å². The Hall–Kier alpha value is -2.03. The summed E-state index contributed by atoms with van der Waals surface area (Å²) >= 11 is 0. The van der Waals surface area contributed by atoms with Crippen molar-refractivity contribution >= 4 is 5.78 Å². The molecule has 0 aliphatic rings. The highest BCUT2D eigenvalue weighted by Gasteiger charge is 2.08. The zero-order valence-electron chi connectivity index (χ0n) is 10.2. The van der Waals surface area contributed by atoms with E-state index in [9.17, 15) is 9.18 Å². The van der Waals surface area contributed by atoms with Gasteiger partial charge in [-0.05, 0) is 30.2 Å². The van der Waals surface area contributed by atoms with Gasteiger partial charge in [0.1, 0.15) is 5.82 Å². The molecule has 0 fully saturated rings. The predicted molar refractivity (Wildman–Crippen MR) is 68.0 cm³/mol. The molecule has 0 saturated carbocycles. The fraction of sp³-hybridized carbons (Fsp3) is 0.200. The van der Waals surface area contributed by atoms with E-state index in [4.69, 9.17) is 0 Å². The second-order valence-electron chi connectivity index (χ2n) is 4.12. The number of nitrogens with zero attached hydrogens (tertiary/aromatic N) is 1. The monoisotopic (exact) mass is 243 g/mol. The van der Waals surface area contributed by atoms with E-state index < -0.39 is 5.82 Å². The van der Waals surface area contributed by atoms with Crippen LogP contribution in [0.1, 0.15) is 28.5 Å². The second kappa shape index (κ2) is 5.54. The highest BCUT2D eigenvalue weighted by molar-refractivity contribution is 5.97. The molecule has 2 rings (SSSR count). The first-order valence-corrected chi connectivity index (χ1v) is 5.91. The summed E-state index contributed by atoms with van der Waals surface area (Å²) in [4.78, 5) is 16.1. The van der Waals surface area contributed by atoms with Gasteiger partial charge in [-0.25, -0.2) is 4.39 Å². The minimum Gasteiger partial charge on any atom is -0.294 e. The summed E-state index contributed by atoms with van der Waals surface area (Å²) < 4.78 is 13.0. The summed E-state index contributed by atoms with van der Waals surface area (Å²) in [6.07, 6.45) is 2.90. The molecule has 1 aromatic carbocycles. The summed E-state index contributed by atoms with van der Waals surface area (Å²) in [6.45, 7) is 2.05. The number of ketones is 1. The standard InChI is InChI=1S/C15H14FNO/c1-2-11-6-7-14(17-10-11)9-15(18)12-4-3-5-13(16)8-12/h3-8,10H,2,9H2,1H3. The molecule has 3 heteroatoms. The Morgan fingerprint density at radius 2 is 2.11 bits per heavy atom. The second-order valence-corrected chi connectivity index (χ2v) is 4.12. The van der Waals surface area contributed by atoms with Gasteiger partial charge in [0, 0.05) is 17.5 Å². The van der Waals surface area contributed by atoms with Gasteiger partial charge in [-0.2, -0.15) is 0 Å². The van der Waals surface area contributed by atoms with Crippen molar-refractivity contribution < 1.29 is 9.18 Å². The van der Waals surface area contributed by atoms with Crippen LogP contribution >= 0.6 is 0 Å². The number of halogens is 1. The molecule has 0 bridgehead atoms. The van der Waals surface area contributed by atoms with E-state index in [2.05, 4.69) is 11.9 Å². The molecule has 0 atom stereocenters. The average Bonchev–Trinajstić information content (AvgIpc) is 2.39. The Balaban J connectivity index is 2.11. The van der Waals surface area contributed by atoms with Crippen LogP contribution in [0.5, 0.6) is 0 Å². The van der Waals surface area contributed by atoms with Crippen LogP contribution in [0.2, 0.25) is 0 Å². The minimum atomic E-state index is -0.393. The van der Waals surface area contributed by atoms with Crippen molar-refractivity contribution in [3.63, 3.8) is 0 Å². The van der Waals surface area contributed by atoms with Crippen molar-refractivity contribution in [1.29, 1.82) is 0 Å². The van der Waals surface area contributed by atoms with Crippen LogP contribution in [-0.2, 0) is 12.8 Å². The Labute approximate surface area is 105 Å². The maximum atomic E-state index is 13.0. The van der Waals surface area contributed by atoms with Crippen LogP contribution in [0.25, 0.3) is 0 Å². The van der Waals surface area contributed by atoms with Gasteiger partial charge >= 0.3 is 0 Å². The number of Topliss-reactive ketones (excluding diaryl/α,β-unsaturated/α-hetero) is 1. The van der Waals surface area contributed by atoms with Crippen molar-refractivity contribution in [1.82, 2.24) is 4.98 Å². The number of aromatic nitrogens is 1. The van der Waals surface area contributed by atoms with E-state index in [0.717, 1.165) is 12.0 Å². The summed E-state index contributed by atoms with van der Waals surface area (Å²) in [7, 11) is 0. The van der Waals surface area contributed by atoms with E-state index >= 15 is 0 Å². The Bertz CT molecular complexity index is 549. The van der Waals surface area contributed by atoms with E-state index in [1.54, 1.807) is 12.3 Å². The van der Waals surface area contributed by atoms with Crippen molar-refractivity contribution in [2.75, 3.05) is 0 Å². The topological polar surface area (TPSA) is 30.0 Å². The lowest BCUT2D eigenvalue weighted by Gasteiger charge is -2.02. The maximum Gasteiger partial charge on any atom is 0.168 e. The van der Waals surface area contributed by atoms with Gasteiger partial charge < -0.3 is 0 Å². The van der Waals surface area contributed by atoms with Crippen molar-refractivity contribution in [3.8, 4) is 0 Å². The average molecular weight is 243 g/mol. The normalized spacial score (nSPS) is 10.3. The highest BCUT2D eigenvalue weighted by Crippen LogP contribution is 2.09.